The fourth-order valence-electron chi connectivity index (χ4n) is 1.50. The fourth-order valence-corrected chi connectivity index (χ4v) is 2.96. The topological polar surface area (TPSA) is 35.5 Å². The van der Waals surface area contributed by atoms with Crippen LogP contribution in [0.4, 0.5) is 0 Å². The van der Waals surface area contributed by atoms with Gasteiger partial charge < -0.3 is 9.05 Å². The highest BCUT2D eigenvalue weighted by Crippen LogP contribution is 2.46. The largest absolute Gasteiger partial charge is 0.361 e. The normalized spacial score (nSPS) is 12.1. The van der Waals surface area contributed by atoms with Gasteiger partial charge in [0, 0.05) is 14.2 Å². The van der Waals surface area contributed by atoms with Crippen molar-refractivity contribution in [3.8, 4) is 0 Å². The molecule has 0 radical (unpaired) electrons. The molecule has 0 saturated heterocycles. The first-order valence-corrected chi connectivity index (χ1v) is 6.40. The maximum atomic E-state index is 12.2. The molecule has 0 aromatic heterocycles. The molecule has 1 aromatic rings. The maximum Gasteiger partial charge on any atom is 0.361 e. The minimum Gasteiger partial charge on any atom is -0.309 e. The van der Waals surface area contributed by atoms with Crippen LogP contribution in [0.15, 0.2) is 24.3 Å². The maximum absolute atomic E-state index is 12.2. The first-order valence-electron chi connectivity index (χ1n) is 4.86. The molecule has 0 spiro atoms. The smallest absolute Gasteiger partial charge is 0.309 e. The summed E-state index contributed by atoms with van der Waals surface area (Å²) in [6.45, 7) is 4.10. The SMILES string of the molecule is COP(=O)(OC)c1ccccc1C(C)C. The first-order chi connectivity index (χ1) is 7.05. The summed E-state index contributed by atoms with van der Waals surface area (Å²) in [7, 11) is -0.317. The molecule has 84 valence electrons. The minimum absolute atomic E-state index is 0.292. The van der Waals surface area contributed by atoms with Gasteiger partial charge in [-0.25, -0.2) is 0 Å². The molecule has 1 aromatic carbocycles. The average molecular weight is 228 g/mol. The zero-order chi connectivity index (χ0) is 11.5. The highest BCUT2D eigenvalue weighted by molar-refractivity contribution is 7.62. The van der Waals surface area contributed by atoms with Gasteiger partial charge in [0.15, 0.2) is 0 Å². The van der Waals surface area contributed by atoms with Crippen LogP contribution in [0.3, 0.4) is 0 Å². The lowest BCUT2D eigenvalue weighted by Gasteiger charge is -2.18. The van der Waals surface area contributed by atoms with Crippen molar-refractivity contribution in [3.63, 3.8) is 0 Å². The van der Waals surface area contributed by atoms with Gasteiger partial charge in [-0.3, -0.25) is 4.57 Å². The fraction of sp³-hybridized carbons (Fsp3) is 0.455. The lowest BCUT2D eigenvalue weighted by atomic mass is 10.0. The molecule has 0 aliphatic heterocycles. The lowest BCUT2D eigenvalue weighted by molar-refractivity contribution is 0.287. The number of benzene rings is 1. The predicted octanol–water partition coefficient (Wildman–Crippen LogP) is 2.92. The first kappa shape index (κ1) is 12.4. The molecule has 0 amide bonds. The van der Waals surface area contributed by atoms with Crippen molar-refractivity contribution in [3.05, 3.63) is 29.8 Å². The molecule has 0 aliphatic carbocycles. The monoisotopic (exact) mass is 228 g/mol. The van der Waals surface area contributed by atoms with E-state index in [0.29, 0.717) is 11.2 Å². The zero-order valence-electron chi connectivity index (χ0n) is 9.56. The van der Waals surface area contributed by atoms with Crippen LogP contribution in [0.2, 0.25) is 0 Å². The number of hydrogen-bond acceptors (Lipinski definition) is 3. The molecule has 0 heterocycles. The van der Waals surface area contributed by atoms with E-state index in [4.69, 9.17) is 9.05 Å². The van der Waals surface area contributed by atoms with Crippen LogP contribution >= 0.6 is 7.60 Å². The van der Waals surface area contributed by atoms with E-state index < -0.39 is 7.60 Å². The summed E-state index contributed by atoms with van der Waals surface area (Å²) < 4.78 is 22.2. The van der Waals surface area contributed by atoms with Crippen molar-refractivity contribution in [2.24, 2.45) is 0 Å². The molecule has 0 bridgehead atoms. The van der Waals surface area contributed by atoms with Gasteiger partial charge in [-0.1, -0.05) is 32.0 Å². The van der Waals surface area contributed by atoms with Crippen molar-refractivity contribution < 1.29 is 13.6 Å². The standard InChI is InChI=1S/C11H17O3P/c1-9(2)10-7-5-6-8-11(10)15(12,13-3)14-4/h5-9H,1-4H3. The van der Waals surface area contributed by atoms with E-state index in [2.05, 4.69) is 13.8 Å². The summed E-state index contributed by atoms with van der Waals surface area (Å²) in [6, 6.07) is 7.51. The number of hydrogen-bond donors (Lipinski definition) is 0. The molecule has 3 nitrogen and oxygen atoms in total. The Morgan fingerprint density at radius 2 is 1.67 bits per heavy atom. The third-order valence-electron chi connectivity index (χ3n) is 2.33. The van der Waals surface area contributed by atoms with Crippen LogP contribution < -0.4 is 5.30 Å². The second kappa shape index (κ2) is 4.93. The summed E-state index contributed by atoms with van der Waals surface area (Å²) >= 11 is 0. The van der Waals surface area contributed by atoms with Crippen LogP contribution in [0.25, 0.3) is 0 Å². The van der Waals surface area contributed by atoms with Gasteiger partial charge in [0.05, 0.1) is 5.30 Å². The van der Waals surface area contributed by atoms with E-state index in [1.54, 1.807) is 6.07 Å². The van der Waals surface area contributed by atoms with E-state index in [0.717, 1.165) is 5.56 Å². The molecule has 1 rings (SSSR count). The molecule has 0 saturated carbocycles. The Hall–Kier alpha value is -0.630. The van der Waals surface area contributed by atoms with Gasteiger partial charge in [-0.05, 0) is 17.5 Å². The lowest BCUT2D eigenvalue weighted by Crippen LogP contribution is -2.14. The minimum atomic E-state index is -3.13. The van der Waals surface area contributed by atoms with Crippen molar-refractivity contribution in [1.82, 2.24) is 0 Å². The Kier molecular flexibility index (Phi) is 4.09. The highest BCUT2D eigenvalue weighted by Gasteiger charge is 2.27. The van der Waals surface area contributed by atoms with E-state index in [9.17, 15) is 4.57 Å². The van der Waals surface area contributed by atoms with Gasteiger partial charge in [0.2, 0.25) is 0 Å². The van der Waals surface area contributed by atoms with Gasteiger partial charge in [-0.15, -0.1) is 0 Å². The van der Waals surface area contributed by atoms with Crippen LogP contribution in [-0.4, -0.2) is 14.2 Å². The van der Waals surface area contributed by atoms with Crippen molar-refractivity contribution in [1.29, 1.82) is 0 Å². The molecular weight excluding hydrogens is 211 g/mol. The van der Waals surface area contributed by atoms with Crippen LogP contribution in [0, 0.1) is 0 Å². The van der Waals surface area contributed by atoms with E-state index in [1.165, 1.54) is 14.2 Å². The van der Waals surface area contributed by atoms with Crippen LogP contribution in [0.1, 0.15) is 25.3 Å². The van der Waals surface area contributed by atoms with Gasteiger partial charge in [0.25, 0.3) is 0 Å². The van der Waals surface area contributed by atoms with Crippen LogP contribution in [0.5, 0.6) is 0 Å². The molecule has 0 unspecified atom stereocenters. The second-order valence-electron chi connectivity index (χ2n) is 3.58. The Bertz CT molecular complexity index is 366. The third-order valence-corrected chi connectivity index (χ3v) is 4.29. The summed E-state index contributed by atoms with van der Waals surface area (Å²) in [4.78, 5) is 0. The predicted molar refractivity (Wildman–Crippen MR) is 61.8 cm³/mol. The zero-order valence-corrected chi connectivity index (χ0v) is 10.5. The summed E-state index contributed by atoms with van der Waals surface area (Å²) in [6.07, 6.45) is 0. The molecule has 0 fully saturated rings. The summed E-state index contributed by atoms with van der Waals surface area (Å²) in [5.41, 5.74) is 1.00. The Morgan fingerprint density at radius 1 is 1.13 bits per heavy atom. The van der Waals surface area contributed by atoms with Gasteiger partial charge >= 0.3 is 7.60 Å². The molecule has 4 heteroatoms. The molecule has 0 atom stereocenters. The van der Waals surface area contributed by atoms with Crippen molar-refractivity contribution in [2.75, 3.05) is 14.2 Å². The quantitative estimate of drug-likeness (QED) is 0.743. The van der Waals surface area contributed by atoms with E-state index in [1.807, 2.05) is 18.2 Å². The van der Waals surface area contributed by atoms with Gasteiger partial charge in [-0.2, -0.15) is 0 Å². The highest BCUT2D eigenvalue weighted by atomic mass is 31.2. The van der Waals surface area contributed by atoms with E-state index in [-0.39, 0.29) is 0 Å². The van der Waals surface area contributed by atoms with Gasteiger partial charge in [0.1, 0.15) is 0 Å². The van der Waals surface area contributed by atoms with E-state index >= 15 is 0 Å². The van der Waals surface area contributed by atoms with Crippen molar-refractivity contribution >= 4 is 12.9 Å². The van der Waals surface area contributed by atoms with Crippen LogP contribution in [-0.2, 0) is 13.6 Å². The second-order valence-corrected chi connectivity index (χ2v) is 5.78. The summed E-state index contributed by atoms with van der Waals surface area (Å²) in [5, 5.41) is 0.657. The Labute approximate surface area is 90.9 Å². The average Bonchev–Trinajstić information content (AvgIpc) is 2.28. The molecular formula is C11H17O3P. The molecule has 0 aliphatic rings. The number of rotatable bonds is 4. The Balaban J connectivity index is 3.30. The molecule has 15 heavy (non-hydrogen) atoms. The molecule has 0 N–H and O–H groups in total. The third kappa shape index (κ3) is 2.49. The summed E-state index contributed by atoms with van der Waals surface area (Å²) in [5.74, 6) is 0.292. The Morgan fingerprint density at radius 3 is 2.13 bits per heavy atom. The van der Waals surface area contributed by atoms with Crippen molar-refractivity contribution in [2.45, 2.75) is 19.8 Å².